The van der Waals surface area contributed by atoms with Crippen molar-refractivity contribution in [2.75, 3.05) is 54.9 Å². The molecule has 29 heavy (non-hydrogen) atoms. The second-order valence-electron chi connectivity index (χ2n) is 7.24. The molecule has 0 spiro atoms. The third-order valence-electron chi connectivity index (χ3n) is 5.30. The highest BCUT2D eigenvalue weighted by molar-refractivity contribution is 7.21. The molecule has 0 atom stereocenters. The van der Waals surface area contributed by atoms with Crippen LogP contribution < -0.4 is 15.1 Å². The molecule has 0 saturated carbocycles. The van der Waals surface area contributed by atoms with Gasteiger partial charge in [0.15, 0.2) is 5.13 Å². The highest BCUT2D eigenvalue weighted by Gasteiger charge is 2.26. The van der Waals surface area contributed by atoms with Gasteiger partial charge in [0.05, 0.1) is 17.9 Å². The molecule has 0 aliphatic carbocycles. The normalized spacial score (nSPS) is 16.7. The summed E-state index contributed by atoms with van der Waals surface area (Å²) in [4.78, 5) is 40.7. The van der Waals surface area contributed by atoms with Crippen LogP contribution >= 0.6 is 11.3 Å². The van der Waals surface area contributed by atoms with Gasteiger partial charge < -0.3 is 20.0 Å². The molecule has 2 aromatic heterocycles. The van der Waals surface area contributed by atoms with Crippen LogP contribution in [0.2, 0.25) is 0 Å². The molecule has 9 heteroatoms. The Morgan fingerprint density at radius 2 is 2.00 bits per heavy atom. The molecule has 1 N–H and O–H groups in total. The number of carbonyl (C=O) groups excluding carboxylic acids is 2. The molecule has 2 aliphatic rings. The van der Waals surface area contributed by atoms with Crippen molar-refractivity contribution in [1.82, 2.24) is 14.9 Å². The number of nitrogens with one attached hydrogen (secondary N) is 1. The number of likely N-dealkylation sites (N-methyl/N-ethyl adjacent to an activating group) is 1. The molecule has 1 aromatic carbocycles. The van der Waals surface area contributed by atoms with Gasteiger partial charge in [-0.1, -0.05) is 11.3 Å². The number of benzene rings is 1. The van der Waals surface area contributed by atoms with Gasteiger partial charge in [-0.15, -0.1) is 0 Å². The number of carbonyl (C=O) groups is 2. The van der Waals surface area contributed by atoms with Gasteiger partial charge in [-0.2, -0.15) is 0 Å². The van der Waals surface area contributed by atoms with E-state index in [1.807, 2.05) is 41.1 Å². The lowest BCUT2D eigenvalue weighted by Gasteiger charge is -2.35. The van der Waals surface area contributed by atoms with Crippen LogP contribution in [-0.4, -0.2) is 66.5 Å². The van der Waals surface area contributed by atoms with Crippen LogP contribution in [0.5, 0.6) is 0 Å². The van der Waals surface area contributed by atoms with Gasteiger partial charge in [-0.3, -0.25) is 9.59 Å². The molecule has 0 bridgehead atoms. The molecule has 8 nitrogen and oxygen atoms in total. The number of anilines is 3. The highest BCUT2D eigenvalue weighted by Crippen LogP contribution is 2.30. The number of piperazine rings is 1. The molecule has 1 fully saturated rings. The molecule has 5 rings (SSSR count). The number of amides is 2. The van der Waals surface area contributed by atoms with Gasteiger partial charge >= 0.3 is 0 Å². The maximum absolute atomic E-state index is 13.0. The quantitative estimate of drug-likeness (QED) is 0.699. The number of hydrogen-bond donors (Lipinski definition) is 1. The van der Waals surface area contributed by atoms with Crippen molar-refractivity contribution in [3.63, 3.8) is 0 Å². The smallest absolute Gasteiger partial charge is 0.254 e. The summed E-state index contributed by atoms with van der Waals surface area (Å²) < 4.78 is 0. The Kier molecular flexibility index (Phi) is 4.31. The van der Waals surface area contributed by atoms with E-state index in [2.05, 4.69) is 20.2 Å². The first-order valence-corrected chi connectivity index (χ1v) is 10.3. The van der Waals surface area contributed by atoms with Gasteiger partial charge in [0.2, 0.25) is 5.91 Å². The van der Waals surface area contributed by atoms with Gasteiger partial charge in [0.1, 0.15) is 10.3 Å². The van der Waals surface area contributed by atoms with E-state index in [1.54, 1.807) is 23.6 Å². The maximum Gasteiger partial charge on any atom is 0.254 e. The summed E-state index contributed by atoms with van der Waals surface area (Å²) in [5.41, 5.74) is 3.12. The summed E-state index contributed by atoms with van der Waals surface area (Å²) in [5, 5.41) is 3.81. The fourth-order valence-corrected chi connectivity index (χ4v) is 4.73. The minimum Gasteiger partial charge on any atom is -0.364 e. The monoisotopic (exact) mass is 408 g/mol. The standard InChI is InChI=1S/C20H20N6O2S/c1-24-12-17(27)22-15-11-13(4-5-16(15)24)19(28)25-7-9-26(10-8-25)20-23-14-3-2-6-21-18(14)29-20/h2-6,11H,7-10,12H2,1H3,(H,22,27). The minimum atomic E-state index is -0.0662. The zero-order valence-corrected chi connectivity index (χ0v) is 16.8. The van der Waals surface area contributed by atoms with E-state index in [-0.39, 0.29) is 11.8 Å². The van der Waals surface area contributed by atoms with E-state index in [4.69, 9.17) is 0 Å². The highest BCUT2D eigenvalue weighted by atomic mass is 32.1. The molecule has 148 valence electrons. The van der Waals surface area contributed by atoms with Crippen LogP contribution in [0.3, 0.4) is 0 Å². The Morgan fingerprint density at radius 3 is 2.79 bits per heavy atom. The first-order valence-electron chi connectivity index (χ1n) is 9.49. The Labute approximate surface area is 171 Å². The summed E-state index contributed by atoms with van der Waals surface area (Å²) in [7, 11) is 1.87. The number of fused-ring (bicyclic) bond motifs is 2. The number of thiazole rings is 1. The summed E-state index contributed by atoms with van der Waals surface area (Å²) in [6, 6.07) is 9.36. The van der Waals surface area contributed by atoms with Crippen LogP contribution in [-0.2, 0) is 4.79 Å². The number of rotatable bonds is 2. The van der Waals surface area contributed by atoms with Crippen LogP contribution in [0.15, 0.2) is 36.5 Å². The average molecular weight is 408 g/mol. The number of hydrogen-bond acceptors (Lipinski definition) is 7. The predicted molar refractivity (Wildman–Crippen MR) is 114 cm³/mol. The minimum absolute atomic E-state index is 0.0131. The van der Waals surface area contributed by atoms with Crippen molar-refractivity contribution in [3.05, 3.63) is 42.1 Å². The van der Waals surface area contributed by atoms with Crippen molar-refractivity contribution in [3.8, 4) is 0 Å². The Balaban J connectivity index is 1.29. The van der Waals surface area contributed by atoms with Crippen LogP contribution in [0.25, 0.3) is 10.3 Å². The molecular formula is C20H20N6O2S. The summed E-state index contributed by atoms with van der Waals surface area (Å²) in [6.45, 7) is 3.05. The zero-order valence-electron chi connectivity index (χ0n) is 16.0. The molecule has 1 saturated heterocycles. The van der Waals surface area contributed by atoms with E-state index < -0.39 is 0 Å². The lowest BCUT2D eigenvalue weighted by atomic mass is 10.1. The van der Waals surface area contributed by atoms with Gasteiger partial charge in [-0.25, -0.2) is 9.97 Å². The van der Waals surface area contributed by atoms with E-state index in [1.165, 1.54) is 0 Å². The maximum atomic E-state index is 13.0. The van der Waals surface area contributed by atoms with Crippen LogP contribution in [0.1, 0.15) is 10.4 Å². The second-order valence-corrected chi connectivity index (χ2v) is 8.20. The number of pyridine rings is 1. The van der Waals surface area contributed by atoms with Crippen molar-refractivity contribution >= 4 is 50.0 Å². The Bertz CT molecular complexity index is 1070. The second kappa shape index (κ2) is 7.00. The number of nitrogens with zero attached hydrogens (tertiary/aromatic N) is 5. The van der Waals surface area contributed by atoms with Crippen LogP contribution in [0.4, 0.5) is 16.5 Å². The van der Waals surface area contributed by atoms with Gasteiger partial charge in [-0.05, 0) is 30.3 Å². The lowest BCUT2D eigenvalue weighted by Crippen LogP contribution is -2.48. The molecule has 4 heterocycles. The van der Waals surface area contributed by atoms with Crippen LogP contribution in [0, 0.1) is 0 Å². The van der Waals surface area contributed by atoms with E-state index in [9.17, 15) is 9.59 Å². The molecule has 2 amide bonds. The predicted octanol–water partition coefficient (Wildman–Crippen LogP) is 2.04. The van der Waals surface area contributed by atoms with E-state index >= 15 is 0 Å². The fourth-order valence-electron chi connectivity index (χ4n) is 3.77. The SMILES string of the molecule is CN1CC(=O)Nc2cc(C(=O)N3CCN(c4nc5cccnc5s4)CC3)ccc21. The molecule has 0 radical (unpaired) electrons. The topological polar surface area (TPSA) is 81.7 Å². The zero-order chi connectivity index (χ0) is 20.0. The number of aromatic nitrogens is 2. The Morgan fingerprint density at radius 1 is 1.17 bits per heavy atom. The molecule has 3 aromatic rings. The lowest BCUT2D eigenvalue weighted by molar-refractivity contribution is -0.115. The Hall–Kier alpha value is -3.20. The van der Waals surface area contributed by atoms with E-state index in [0.717, 1.165) is 34.3 Å². The average Bonchev–Trinajstić information content (AvgIpc) is 3.17. The van der Waals surface area contributed by atoms with Gasteiger partial charge in [0, 0.05) is 45.0 Å². The third kappa shape index (κ3) is 3.27. The first-order chi connectivity index (χ1) is 14.1. The first kappa shape index (κ1) is 17.9. The van der Waals surface area contributed by atoms with Gasteiger partial charge in [0.25, 0.3) is 5.91 Å². The van der Waals surface area contributed by atoms with E-state index in [0.29, 0.717) is 30.9 Å². The molecular weight excluding hydrogens is 388 g/mol. The summed E-state index contributed by atoms with van der Waals surface area (Å²) >= 11 is 1.58. The third-order valence-corrected chi connectivity index (χ3v) is 6.34. The summed E-state index contributed by atoms with van der Waals surface area (Å²) in [6.07, 6.45) is 1.78. The van der Waals surface area contributed by atoms with Crippen molar-refractivity contribution in [2.24, 2.45) is 0 Å². The van der Waals surface area contributed by atoms with Crippen molar-refractivity contribution < 1.29 is 9.59 Å². The largest absolute Gasteiger partial charge is 0.364 e. The van der Waals surface area contributed by atoms with Crippen molar-refractivity contribution in [1.29, 1.82) is 0 Å². The molecule has 0 unspecified atom stereocenters. The van der Waals surface area contributed by atoms with Crippen molar-refractivity contribution in [2.45, 2.75) is 0 Å². The molecule has 2 aliphatic heterocycles. The summed E-state index contributed by atoms with van der Waals surface area (Å²) in [5.74, 6) is -0.0792. The fraction of sp³-hybridized carbons (Fsp3) is 0.300.